The molecule has 0 radical (unpaired) electrons. The van der Waals surface area contributed by atoms with Crippen LogP contribution in [0.3, 0.4) is 0 Å². The van der Waals surface area contributed by atoms with Crippen LogP contribution in [0, 0.1) is 17.8 Å². The molecule has 0 N–H and O–H groups in total. The third-order valence-electron chi connectivity index (χ3n) is 7.30. The number of hydrogen-bond acceptors (Lipinski definition) is 2. The molecule has 0 spiro atoms. The Morgan fingerprint density at radius 1 is 0.649 bits per heavy atom. The molecule has 2 saturated carbocycles. The Bertz CT molecular complexity index is 778. The van der Waals surface area contributed by atoms with E-state index in [1.165, 1.54) is 0 Å². The van der Waals surface area contributed by atoms with Crippen LogP contribution in [0.1, 0.15) is 71.1 Å². The van der Waals surface area contributed by atoms with Crippen molar-refractivity contribution in [3.8, 4) is 0 Å². The topological polar surface area (TPSA) is 26.3 Å². The van der Waals surface area contributed by atoms with Gasteiger partial charge in [-0.05, 0) is 57.3 Å². The van der Waals surface area contributed by atoms with Gasteiger partial charge in [0.25, 0.3) is 0 Å². The van der Waals surface area contributed by atoms with Crippen LogP contribution < -0.4 is 0 Å². The van der Waals surface area contributed by atoms with Crippen LogP contribution in [0.15, 0.2) is 0 Å². The molecule has 2 rings (SSSR count). The Balaban J connectivity index is 2.07. The lowest BCUT2D eigenvalue weighted by molar-refractivity contribution is -0.443. The quantitative estimate of drug-likeness (QED) is 0.206. The number of carbonyl (C=O) groups is 1. The third kappa shape index (κ3) is 5.65. The zero-order valence-electron chi connectivity index (χ0n) is 19.6. The maximum atomic E-state index is 14.4. The lowest BCUT2D eigenvalue weighted by Gasteiger charge is -2.43. The molecule has 0 bridgehead atoms. The van der Waals surface area contributed by atoms with Gasteiger partial charge in [-0.15, -0.1) is 0 Å². The molecule has 218 valence electrons. The first-order valence-electron chi connectivity index (χ1n) is 11.8. The predicted octanol–water partition coefficient (Wildman–Crippen LogP) is 8.43. The van der Waals surface area contributed by atoms with E-state index in [4.69, 9.17) is 4.74 Å². The fourth-order valence-electron chi connectivity index (χ4n) is 4.94. The number of ether oxygens (including phenoxy) is 1. The van der Waals surface area contributed by atoms with Crippen LogP contribution >= 0.6 is 0 Å². The Morgan fingerprint density at radius 3 is 1.54 bits per heavy atom. The van der Waals surface area contributed by atoms with Gasteiger partial charge in [-0.3, -0.25) is 4.79 Å². The first-order chi connectivity index (χ1) is 16.6. The molecular weight excluding hydrogens is 543 g/mol. The third-order valence-corrected chi connectivity index (χ3v) is 7.30. The smallest absolute Gasteiger partial charge is 0.460 e. The van der Waals surface area contributed by atoms with Gasteiger partial charge in [0.1, 0.15) is 6.10 Å². The predicted molar refractivity (Wildman–Crippen MR) is 103 cm³/mol. The minimum Gasteiger partial charge on any atom is -0.462 e. The minimum atomic E-state index is -7.90. The highest BCUT2D eigenvalue weighted by molar-refractivity contribution is 5.72. The summed E-state index contributed by atoms with van der Waals surface area (Å²) in [5, 5.41) is 0. The van der Waals surface area contributed by atoms with Crippen LogP contribution in [0.5, 0.6) is 0 Å². The van der Waals surface area contributed by atoms with Gasteiger partial charge in [0.15, 0.2) is 0 Å². The van der Waals surface area contributed by atoms with Crippen molar-refractivity contribution in [2.24, 2.45) is 17.8 Å². The van der Waals surface area contributed by atoms with Gasteiger partial charge in [0, 0.05) is 5.92 Å². The van der Waals surface area contributed by atoms with Crippen molar-refractivity contribution in [3.63, 3.8) is 0 Å². The van der Waals surface area contributed by atoms with Gasteiger partial charge >= 0.3 is 41.8 Å². The summed E-state index contributed by atoms with van der Waals surface area (Å²) < 4.78 is 179. The van der Waals surface area contributed by atoms with Gasteiger partial charge in [-0.2, -0.15) is 57.1 Å². The van der Waals surface area contributed by atoms with E-state index in [2.05, 4.69) is 0 Å². The molecule has 0 aliphatic heterocycles. The van der Waals surface area contributed by atoms with Crippen molar-refractivity contribution < 1.29 is 66.6 Å². The summed E-state index contributed by atoms with van der Waals surface area (Å²) in [5.74, 6) is -41.0. The molecule has 2 nitrogen and oxygen atoms in total. The molecule has 0 aromatic carbocycles. The average Bonchev–Trinajstić information content (AvgIpc) is 2.79. The van der Waals surface area contributed by atoms with E-state index in [-0.39, 0.29) is 0 Å². The number of rotatable bonds is 9. The summed E-state index contributed by atoms with van der Waals surface area (Å²) in [6.07, 6.45) is -6.51. The second-order valence-corrected chi connectivity index (χ2v) is 9.84. The zero-order valence-corrected chi connectivity index (χ0v) is 19.6. The zero-order chi connectivity index (χ0) is 28.7. The highest BCUT2D eigenvalue weighted by Crippen LogP contribution is 2.62. The molecule has 0 heterocycles. The summed E-state index contributed by atoms with van der Waals surface area (Å²) in [6.45, 7) is 2.02. The molecule has 0 unspecified atom stereocenters. The van der Waals surface area contributed by atoms with E-state index < -0.39 is 85.4 Å². The van der Waals surface area contributed by atoms with Gasteiger partial charge in [0.2, 0.25) is 0 Å². The second-order valence-electron chi connectivity index (χ2n) is 9.84. The molecule has 0 aromatic rings. The van der Waals surface area contributed by atoms with Gasteiger partial charge < -0.3 is 4.74 Å². The Morgan fingerprint density at radius 2 is 1.11 bits per heavy atom. The van der Waals surface area contributed by atoms with Crippen LogP contribution in [-0.4, -0.2) is 47.9 Å². The molecule has 37 heavy (non-hydrogen) atoms. The SMILES string of the molecule is CCCC1CCC(OC(=O)C2CCC(C(F)(F)C(F)(F)C(F)(F)C(F)(F)C(F)(F)C(F)(F)F)CC2)CC1. The van der Waals surface area contributed by atoms with Crippen molar-refractivity contribution in [1.82, 2.24) is 0 Å². The Kier molecular flexibility index (Phi) is 9.11. The van der Waals surface area contributed by atoms with E-state index in [0.717, 1.165) is 25.7 Å². The average molecular weight is 570 g/mol. The molecule has 0 saturated heterocycles. The lowest BCUT2D eigenvalue weighted by Crippen LogP contribution is -2.71. The molecular formula is C22H27F13O2. The first kappa shape index (κ1) is 31.8. The Labute approximate surface area is 204 Å². The monoisotopic (exact) mass is 570 g/mol. The molecule has 0 aromatic heterocycles. The fourth-order valence-corrected chi connectivity index (χ4v) is 4.94. The van der Waals surface area contributed by atoms with Crippen LogP contribution in [-0.2, 0) is 9.53 Å². The van der Waals surface area contributed by atoms with E-state index in [1.807, 2.05) is 6.92 Å². The molecule has 15 heteroatoms. The van der Waals surface area contributed by atoms with E-state index >= 15 is 0 Å². The van der Waals surface area contributed by atoms with Gasteiger partial charge in [-0.1, -0.05) is 19.8 Å². The van der Waals surface area contributed by atoms with Crippen molar-refractivity contribution in [1.29, 1.82) is 0 Å². The maximum Gasteiger partial charge on any atom is 0.460 e. The van der Waals surface area contributed by atoms with Gasteiger partial charge in [-0.25, -0.2) is 0 Å². The first-order valence-corrected chi connectivity index (χ1v) is 11.8. The second kappa shape index (κ2) is 10.6. The highest BCUT2D eigenvalue weighted by Gasteiger charge is 2.91. The van der Waals surface area contributed by atoms with Gasteiger partial charge in [0.05, 0.1) is 5.92 Å². The van der Waals surface area contributed by atoms with Crippen LogP contribution in [0.25, 0.3) is 0 Å². The standard InChI is InChI=1S/C22H27F13O2/c1-2-3-12-4-10-15(11-5-12)37-16(36)13-6-8-14(9-7-13)17(23,24)18(25,26)19(27,28)20(29,30)21(31,32)22(33,34)35/h12-15H,2-11H2,1H3. The minimum absolute atomic E-state index is 0.444. The summed E-state index contributed by atoms with van der Waals surface area (Å²) in [6, 6.07) is 0. The molecule has 2 fully saturated rings. The van der Waals surface area contributed by atoms with Crippen molar-refractivity contribution in [3.05, 3.63) is 0 Å². The summed E-state index contributed by atoms with van der Waals surface area (Å²) in [5.41, 5.74) is 0. The molecule has 2 aliphatic rings. The van der Waals surface area contributed by atoms with Crippen LogP contribution in [0.2, 0.25) is 0 Å². The number of carbonyl (C=O) groups excluding carboxylic acids is 1. The summed E-state index contributed by atoms with van der Waals surface area (Å²) >= 11 is 0. The summed E-state index contributed by atoms with van der Waals surface area (Å²) in [4.78, 5) is 12.4. The molecule has 2 aliphatic carbocycles. The van der Waals surface area contributed by atoms with E-state index in [0.29, 0.717) is 18.8 Å². The van der Waals surface area contributed by atoms with Crippen molar-refractivity contribution in [2.75, 3.05) is 0 Å². The largest absolute Gasteiger partial charge is 0.462 e. The number of halogens is 13. The maximum absolute atomic E-state index is 14.4. The van der Waals surface area contributed by atoms with E-state index in [1.54, 1.807) is 0 Å². The van der Waals surface area contributed by atoms with Crippen LogP contribution in [0.4, 0.5) is 57.1 Å². The number of hydrogen-bond donors (Lipinski definition) is 0. The number of esters is 1. The fraction of sp³-hybridized carbons (Fsp3) is 0.955. The normalized spacial score (nSPS) is 27.2. The lowest BCUT2D eigenvalue weighted by atomic mass is 9.75. The van der Waals surface area contributed by atoms with Crippen molar-refractivity contribution >= 4 is 5.97 Å². The molecule has 0 amide bonds. The summed E-state index contributed by atoms with van der Waals surface area (Å²) in [7, 11) is 0. The van der Waals surface area contributed by atoms with Crippen molar-refractivity contribution in [2.45, 2.75) is 113 Å². The molecule has 0 atom stereocenters. The number of alkyl halides is 13. The Hall–Kier alpha value is -1.44. The highest BCUT2D eigenvalue weighted by atomic mass is 19.4. The van der Waals surface area contributed by atoms with E-state index in [9.17, 15) is 61.9 Å².